The van der Waals surface area contributed by atoms with E-state index in [9.17, 15) is 22.8 Å². The lowest BCUT2D eigenvalue weighted by atomic mass is 10.2. The Labute approximate surface area is 122 Å². The fraction of sp³-hybridized carbons (Fsp3) is 0.154. The molecule has 1 heterocycles. The van der Waals surface area contributed by atoms with Gasteiger partial charge in [0.2, 0.25) is 0 Å². The maximum Gasteiger partial charge on any atom is 0.573 e. The van der Waals surface area contributed by atoms with Crippen molar-refractivity contribution in [2.45, 2.75) is 6.36 Å². The number of nitrogens with zero attached hydrogens (tertiary/aromatic N) is 2. The van der Waals surface area contributed by atoms with Crippen LogP contribution in [-0.4, -0.2) is 21.8 Å². The summed E-state index contributed by atoms with van der Waals surface area (Å²) in [7, 11) is 1.44. The number of benzene rings is 1. The first-order valence-electron chi connectivity index (χ1n) is 5.95. The molecule has 1 aromatic heterocycles. The number of aryl methyl sites for hydroxylation is 1. The molecule has 0 unspecified atom stereocenters. The number of carbonyl (C=O) groups is 1. The molecule has 0 atom stereocenters. The molecule has 116 valence electrons. The van der Waals surface area contributed by atoms with Crippen molar-refractivity contribution in [3.63, 3.8) is 0 Å². The van der Waals surface area contributed by atoms with E-state index in [-0.39, 0.29) is 11.4 Å². The first kappa shape index (κ1) is 15.5. The molecule has 0 bridgehead atoms. The minimum atomic E-state index is -4.93. The lowest BCUT2D eigenvalue weighted by Gasteiger charge is -2.12. The summed E-state index contributed by atoms with van der Waals surface area (Å²) < 4.78 is 41.9. The summed E-state index contributed by atoms with van der Waals surface area (Å²) in [5.74, 6) is -1.90. The van der Waals surface area contributed by atoms with E-state index in [0.717, 1.165) is 12.1 Å². The van der Waals surface area contributed by atoms with Crippen molar-refractivity contribution in [3.8, 4) is 5.75 Å². The van der Waals surface area contributed by atoms with Crippen LogP contribution in [0.4, 0.5) is 19.0 Å². The highest BCUT2D eigenvalue weighted by molar-refractivity contribution is 6.05. The summed E-state index contributed by atoms with van der Waals surface area (Å²) in [6, 6.07) is 4.80. The zero-order chi connectivity index (χ0) is 16.3. The van der Waals surface area contributed by atoms with Crippen LogP contribution in [0.2, 0.25) is 0 Å². The molecule has 0 aliphatic rings. The van der Waals surface area contributed by atoms with Gasteiger partial charge in [0.05, 0.1) is 5.56 Å². The molecular weight excluding hydrogens is 303 g/mol. The number of alkyl halides is 3. The van der Waals surface area contributed by atoms with Crippen LogP contribution in [0, 0.1) is 0 Å². The van der Waals surface area contributed by atoms with Gasteiger partial charge in [0, 0.05) is 19.4 Å². The van der Waals surface area contributed by atoms with Crippen LogP contribution < -0.4 is 15.6 Å². The van der Waals surface area contributed by atoms with Gasteiger partial charge in [0.25, 0.3) is 11.5 Å². The zero-order valence-corrected chi connectivity index (χ0v) is 11.2. The van der Waals surface area contributed by atoms with E-state index in [1.807, 2.05) is 0 Å². The molecule has 0 aliphatic heterocycles. The van der Waals surface area contributed by atoms with Gasteiger partial charge >= 0.3 is 6.36 Å². The molecule has 22 heavy (non-hydrogen) atoms. The van der Waals surface area contributed by atoms with Crippen molar-refractivity contribution < 1.29 is 22.7 Å². The number of nitrogens with one attached hydrogen (secondary N) is 1. The van der Waals surface area contributed by atoms with Crippen LogP contribution in [0.25, 0.3) is 0 Å². The van der Waals surface area contributed by atoms with Crippen molar-refractivity contribution in [1.29, 1.82) is 0 Å². The number of carbonyl (C=O) groups excluding carboxylic acids is 1. The van der Waals surface area contributed by atoms with Crippen molar-refractivity contribution in [2.75, 3.05) is 5.32 Å². The first-order valence-corrected chi connectivity index (χ1v) is 5.95. The molecule has 0 spiro atoms. The maximum absolute atomic E-state index is 12.3. The average molecular weight is 313 g/mol. The quantitative estimate of drug-likeness (QED) is 0.940. The molecule has 1 N–H and O–H groups in total. The number of ether oxygens (including phenoxy) is 1. The molecule has 0 aliphatic carbocycles. The Morgan fingerprint density at radius 3 is 2.68 bits per heavy atom. The Balaban J connectivity index is 2.31. The van der Waals surface area contributed by atoms with Crippen LogP contribution in [0.5, 0.6) is 5.75 Å². The highest BCUT2D eigenvalue weighted by Crippen LogP contribution is 2.26. The lowest BCUT2D eigenvalue weighted by Crippen LogP contribution is -2.26. The minimum Gasteiger partial charge on any atom is -0.405 e. The van der Waals surface area contributed by atoms with E-state index < -0.39 is 23.6 Å². The number of para-hydroxylation sites is 1. The number of aromatic nitrogens is 2. The van der Waals surface area contributed by atoms with Crippen molar-refractivity contribution in [2.24, 2.45) is 7.05 Å². The summed E-state index contributed by atoms with van der Waals surface area (Å²) in [6.45, 7) is 0. The van der Waals surface area contributed by atoms with Crippen molar-refractivity contribution in [1.82, 2.24) is 9.55 Å². The van der Waals surface area contributed by atoms with E-state index >= 15 is 0 Å². The van der Waals surface area contributed by atoms with Gasteiger partial charge in [-0.05, 0) is 12.1 Å². The topological polar surface area (TPSA) is 73.2 Å². The minimum absolute atomic E-state index is 0.295. The molecule has 6 nitrogen and oxygen atoms in total. The molecular formula is C13H10F3N3O3. The van der Waals surface area contributed by atoms with Crippen molar-refractivity contribution >= 4 is 11.7 Å². The fourth-order valence-corrected chi connectivity index (χ4v) is 1.63. The summed E-state index contributed by atoms with van der Waals surface area (Å²) in [6.07, 6.45) is -2.29. The molecule has 2 rings (SSSR count). The summed E-state index contributed by atoms with van der Waals surface area (Å²) >= 11 is 0. The van der Waals surface area contributed by atoms with Crippen LogP contribution in [0.1, 0.15) is 10.4 Å². The van der Waals surface area contributed by atoms with Gasteiger partial charge in [-0.1, -0.05) is 12.1 Å². The molecule has 0 radical (unpaired) electrons. The Kier molecular flexibility index (Phi) is 4.15. The fourth-order valence-electron chi connectivity index (χ4n) is 1.63. The predicted octanol–water partition coefficient (Wildman–Crippen LogP) is 1.93. The number of hydrogen-bond donors (Lipinski definition) is 1. The maximum atomic E-state index is 12.3. The SMILES string of the molecule is Cn1ccnc(NC(=O)c2ccccc2OC(F)(F)F)c1=O. The van der Waals surface area contributed by atoms with Crippen molar-refractivity contribution in [3.05, 3.63) is 52.6 Å². The van der Waals surface area contributed by atoms with Crippen LogP contribution >= 0.6 is 0 Å². The van der Waals surface area contributed by atoms with Gasteiger partial charge in [0.1, 0.15) is 5.75 Å². The smallest absolute Gasteiger partial charge is 0.405 e. The normalized spacial score (nSPS) is 11.1. The molecule has 1 amide bonds. The highest BCUT2D eigenvalue weighted by atomic mass is 19.4. The molecule has 9 heteroatoms. The van der Waals surface area contributed by atoms with Crippen LogP contribution in [-0.2, 0) is 7.05 Å². The Hall–Kier alpha value is -2.84. The van der Waals surface area contributed by atoms with Crippen LogP contribution in [0.15, 0.2) is 41.5 Å². The first-order chi connectivity index (χ1) is 10.3. The van der Waals surface area contributed by atoms with E-state index in [1.54, 1.807) is 0 Å². The molecule has 0 saturated carbocycles. The second-order valence-electron chi connectivity index (χ2n) is 4.19. The number of hydrogen-bond acceptors (Lipinski definition) is 4. The largest absolute Gasteiger partial charge is 0.573 e. The number of amides is 1. The third-order valence-electron chi connectivity index (χ3n) is 2.61. The third kappa shape index (κ3) is 3.62. The number of anilines is 1. The summed E-state index contributed by atoms with van der Waals surface area (Å²) in [4.78, 5) is 27.4. The van der Waals surface area contributed by atoms with E-state index in [1.165, 1.54) is 36.1 Å². The highest BCUT2D eigenvalue weighted by Gasteiger charge is 2.32. The number of rotatable bonds is 3. The summed E-state index contributed by atoms with van der Waals surface area (Å²) in [5.41, 5.74) is -0.961. The molecule has 0 fully saturated rings. The standard InChI is InChI=1S/C13H10F3N3O3/c1-19-7-6-17-10(12(19)21)18-11(20)8-4-2-3-5-9(8)22-13(14,15)16/h2-7H,1H3,(H,17,18,20). The Morgan fingerprint density at radius 2 is 2.00 bits per heavy atom. The van der Waals surface area contributed by atoms with E-state index in [0.29, 0.717) is 0 Å². The second kappa shape index (κ2) is 5.88. The Bertz CT molecular complexity index is 756. The van der Waals surface area contributed by atoms with Gasteiger partial charge in [0.15, 0.2) is 5.82 Å². The van der Waals surface area contributed by atoms with Crippen LogP contribution in [0.3, 0.4) is 0 Å². The van der Waals surface area contributed by atoms with Gasteiger partial charge in [-0.3, -0.25) is 9.59 Å². The van der Waals surface area contributed by atoms with Gasteiger partial charge < -0.3 is 14.6 Å². The second-order valence-corrected chi connectivity index (χ2v) is 4.19. The Morgan fingerprint density at radius 1 is 1.32 bits per heavy atom. The van der Waals surface area contributed by atoms with E-state index in [2.05, 4.69) is 15.0 Å². The monoisotopic (exact) mass is 313 g/mol. The molecule has 1 aromatic carbocycles. The van der Waals surface area contributed by atoms with Gasteiger partial charge in [-0.15, -0.1) is 13.2 Å². The van der Waals surface area contributed by atoms with Gasteiger partial charge in [-0.25, -0.2) is 4.98 Å². The summed E-state index contributed by atoms with van der Waals surface area (Å²) in [5, 5.41) is 2.16. The third-order valence-corrected chi connectivity index (χ3v) is 2.61. The predicted molar refractivity (Wildman–Crippen MR) is 70.6 cm³/mol. The lowest BCUT2D eigenvalue weighted by molar-refractivity contribution is -0.274. The molecule has 2 aromatic rings. The zero-order valence-electron chi connectivity index (χ0n) is 11.2. The molecule has 0 saturated heterocycles. The number of halogens is 3. The van der Waals surface area contributed by atoms with Gasteiger partial charge in [-0.2, -0.15) is 0 Å². The van der Waals surface area contributed by atoms with E-state index in [4.69, 9.17) is 0 Å². The average Bonchev–Trinajstić information content (AvgIpc) is 2.42.